The van der Waals surface area contributed by atoms with Gasteiger partial charge in [0.2, 0.25) is 0 Å². The number of benzene rings is 1. The van der Waals surface area contributed by atoms with Gasteiger partial charge >= 0.3 is 39.6 Å². The summed E-state index contributed by atoms with van der Waals surface area (Å²) in [5.41, 5.74) is 1.36. The first-order chi connectivity index (χ1) is 8.19. The van der Waals surface area contributed by atoms with E-state index in [1.54, 1.807) is 0 Å². The molecule has 99 valence electrons. The van der Waals surface area contributed by atoms with Crippen molar-refractivity contribution in [2.45, 2.75) is 19.6 Å². The van der Waals surface area contributed by atoms with Gasteiger partial charge in [-0.2, -0.15) is 0 Å². The summed E-state index contributed by atoms with van der Waals surface area (Å²) in [4.78, 5) is 4.54. The van der Waals surface area contributed by atoms with Crippen LogP contribution in [-0.2, 0) is 17.9 Å². The Hall–Kier alpha value is 0.0395. The fraction of sp³-hybridized carbons (Fsp3) is 0.333. The van der Waals surface area contributed by atoms with Crippen LogP contribution in [0.3, 0.4) is 0 Å². The fourth-order valence-corrected chi connectivity index (χ4v) is 1.65. The summed E-state index contributed by atoms with van der Waals surface area (Å²) < 4.78 is 0. The minimum atomic E-state index is 0.468. The molecule has 17 heavy (non-hydrogen) atoms. The third-order valence-electron chi connectivity index (χ3n) is 2.77. The van der Waals surface area contributed by atoms with Crippen LogP contribution in [0.2, 0.25) is 0 Å². The van der Waals surface area contributed by atoms with Gasteiger partial charge in [-0.15, -0.1) is 0 Å². The van der Waals surface area contributed by atoms with Crippen LogP contribution < -0.4 is 0 Å². The molecule has 0 aliphatic carbocycles. The summed E-state index contributed by atoms with van der Waals surface area (Å²) in [6.45, 7) is 3.20. The van der Waals surface area contributed by atoms with Crippen molar-refractivity contribution in [2.75, 3.05) is 7.05 Å². The molecule has 0 aromatic heterocycles. The van der Waals surface area contributed by atoms with Gasteiger partial charge < -0.3 is 9.80 Å². The second kappa shape index (κ2) is 8.20. The van der Waals surface area contributed by atoms with Gasteiger partial charge in [-0.1, -0.05) is 30.3 Å². The van der Waals surface area contributed by atoms with Crippen molar-refractivity contribution in [3.63, 3.8) is 0 Å². The molecule has 0 spiro atoms. The Morgan fingerprint density at radius 3 is 2.24 bits per heavy atom. The van der Waals surface area contributed by atoms with Crippen LogP contribution in [0.15, 0.2) is 42.7 Å². The van der Waals surface area contributed by atoms with E-state index in [4.69, 9.17) is 0 Å². The predicted octanol–water partition coefficient (Wildman–Crippen LogP) is 3.94. The molecule has 0 radical (unpaired) electrons. The zero-order valence-corrected chi connectivity index (χ0v) is 13.9. The molecule has 1 aliphatic heterocycles. The number of nitrogens with zero attached hydrogens (tertiary/aromatic N) is 2. The molecule has 1 aromatic carbocycles. The molecule has 0 bridgehead atoms. The summed E-state index contributed by atoms with van der Waals surface area (Å²) in [7, 11) is 2.10. The van der Waals surface area contributed by atoms with Crippen LogP contribution in [0, 0.1) is 0 Å². The molecule has 1 heterocycles. The summed E-state index contributed by atoms with van der Waals surface area (Å²) in [5.74, 6) is 0. The van der Waals surface area contributed by atoms with Crippen LogP contribution in [0.1, 0.15) is 12.5 Å². The van der Waals surface area contributed by atoms with Crippen molar-refractivity contribution < 1.29 is 11.3 Å². The summed E-state index contributed by atoms with van der Waals surface area (Å²) in [6.07, 6.45) is 4.74. The van der Waals surface area contributed by atoms with Gasteiger partial charge in [0.25, 0.3) is 0 Å². The molecular weight excluding hydrogens is 395 g/mol. The van der Waals surface area contributed by atoms with E-state index in [0.29, 0.717) is 6.17 Å². The molecule has 0 fully saturated rings. The van der Waals surface area contributed by atoms with E-state index in [-0.39, 0.29) is 0 Å². The van der Waals surface area contributed by atoms with Gasteiger partial charge in [-0.05, 0) is 12.5 Å². The molecule has 0 amide bonds. The standard InChI is InChI=1S/C12H16N2.2BrH.Cu/c1-11-13(2)8-9-14(11)10-12-6-4-3-5-7-12;;;/h3-9,11H,10H2,1-2H3;2*1H;/q;;;+2/p-2. The maximum absolute atomic E-state index is 2.97. The SMILES string of the molecule is CC1N(C)C=CN1Cc1ccccc1.[Br][Cu][Br]. The molecular formula is C12H16Br2CuN2. The first kappa shape index (κ1) is 15.1. The van der Waals surface area contributed by atoms with Crippen molar-refractivity contribution in [3.8, 4) is 0 Å². The summed E-state index contributed by atoms with van der Waals surface area (Å²) in [6, 6.07) is 10.6. The Labute approximate surface area is 124 Å². The van der Waals surface area contributed by atoms with Crippen LogP contribution >= 0.6 is 28.2 Å². The molecule has 2 nitrogen and oxygen atoms in total. The van der Waals surface area contributed by atoms with Crippen LogP contribution in [0.5, 0.6) is 0 Å². The quantitative estimate of drug-likeness (QED) is 0.680. The molecule has 1 aromatic rings. The summed E-state index contributed by atoms with van der Waals surface area (Å²) >= 11 is 7.38. The fourth-order valence-electron chi connectivity index (χ4n) is 1.65. The van der Waals surface area contributed by atoms with Gasteiger partial charge in [0.15, 0.2) is 0 Å². The molecule has 0 N–H and O–H groups in total. The topological polar surface area (TPSA) is 6.48 Å². The molecule has 1 aliphatic rings. The van der Waals surface area contributed by atoms with Gasteiger partial charge in [0, 0.05) is 26.0 Å². The Bertz CT molecular complexity index is 346. The van der Waals surface area contributed by atoms with Gasteiger partial charge in [0.1, 0.15) is 0 Å². The molecule has 1 unspecified atom stereocenters. The first-order valence-electron chi connectivity index (χ1n) is 5.20. The van der Waals surface area contributed by atoms with Crippen molar-refractivity contribution in [2.24, 2.45) is 0 Å². The normalized spacial score (nSPS) is 18.2. The van der Waals surface area contributed by atoms with Gasteiger partial charge in [0.05, 0.1) is 6.17 Å². The molecule has 0 saturated carbocycles. The number of rotatable bonds is 2. The van der Waals surface area contributed by atoms with Crippen LogP contribution in [0.4, 0.5) is 0 Å². The van der Waals surface area contributed by atoms with Gasteiger partial charge in [-0.25, -0.2) is 0 Å². The van der Waals surface area contributed by atoms with E-state index in [1.165, 1.54) is 16.9 Å². The van der Waals surface area contributed by atoms with E-state index in [9.17, 15) is 0 Å². The second-order valence-corrected chi connectivity index (χ2v) is 8.55. The zero-order valence-electron chi connectivity index (χ0n) is 9.78. The van der Waals surface area contributed by atoms with Crippen molar-refractivity contribution >= 4 is 28.2 Å². The molecule has 1 atom stereocenters. The Morgan fingerprint density at radius 2 is 1.76 bits per heavy atom. The number of hydrogen-bond donors (Lipinski definition) is 0. The molecule has 2 rings (SSSR count). The van der Waals surface area contributed by atoms with E-state index in [1.807, 2.05) is 0 Å². The van der Waals surface area contributed by atoms with Crippen molar-refractivity contribution in [3.05, 3.63) is 48.3 Å². The van der Waals surface area contributed by atoms with E-state index in [2.05, 4.69) is 94.7 Å². The van der Waals surface area contributed by atoms with E-state index >= 15 is 0 Å². The van der Waals surface area contributed by atoms with Crippen LogP contribution in [-0.4, -0.2) is 23.0 Å². The third kappa shape index (κ3) is 5.04. The van der Waals surface area contributed by atoms with E-state index in [0.717, 1.165) is 6.54 Å². The second-order valence-electron chi connectivity index (χ2n) is 3.80. The monoisotopic (exact) mass is 409 g/mol. The molecule has 5 heteroatoms. The van der Waals surface area contributed by atoms with Crippen molar-refractivity contribution in [1.29, 1.82) is 0 Å². The predicted molar refractivity (Wildman–Crippen MR) is 76.2 cm³/mol. The maximum atomic E-state index is 2.97. The van der Waals surface area contributed by atoms with Crippen LogP contribution in [0.25, 0.3) is 0 Å². The third-order valence-corrected chi connectivity index (χ3v) is 2.77. The Morgan fingerprint density at radius 1 is 1.18 bits per heavy atom. The zero-order chi connectivity index (χ0) is 12.7. The molecule has 0 saturated heterocycles. The first-order valence-corrected chi connectivity index (χ1v) is 9.85. The average molecular weight is 412 g/mol. The van der Waals surface area contributed by atoms with Gasteiger partial charge in [-0.3, -0.25) is 0 Å². The Kier molecular flexibility index (Phi) is 7.28. The Balaban J connectivity index is 0.000000437. The minimum absolute atomic E-state index is 0.468. The average Bonchev–Trinajstić information content (AvgIpc) is 2.64. The number of hydrogen-bond acceptors (Lipinski definition) is 2. The van der Waals surface area contributed by atoms with Crippen molar-refractivity contribution in [1.82, 2.24) is 9.80 Å². The number of halogens is 2. The van der Waals surface area contributed by atoms with E-state index < -0.39 is 0 Å². The summed E-state index contributed by atoms with van der Waals surface area (Å²) in [5, 5.41) is 0.